The summed E-state index contributed by atoms with van der Waals surface area (Å²) in [6.45, 7) is 0.956. The van der Waals surface area contributed by atoms with Crippen LogP contribution < -0.4 is 0 Å². The maximum absolute atomic E-state index is 12.1. The molecule has 0 spiro atoms. The second kappa shape index (κ2) is 4.56. The Balaban J connectivity index is 2.12. The van der Waals surface area contributed by atoms with Gasteiger partial charge in [-0.1, -0.05) is 17.7 Å². The second-order valence-electron chi connectivity index (χ2n) is 4.66. The van der Waals surface area contributed by atoms with Crippen LogP contribution in [0.1, 0.15) is 22.3 Å². The summed E-state index contributed by atoms with van der Waals surface area (Å²) < 4.78 is 0. The molecular weight excluding hydrogens is 222 g/mol. The van der Waals surface area contributed by atoms with Crippen molar-refractivity contribution >= 4 is 17.4 Å². The van der Waals surface area contributed by atoms with Crippen molar-refractivity contribution in [3.8, 4) is 0 Å². The number of carbonyl (C=O) groups is 1. The summed E-state index contributed by atoms with van der Waals surface area (Å²) in [5, 5.41) is 0.653. The van der Waals surface area contributed by atoms with Crippen molar-refractivity contribution in [3.63, 3.8) is 0 Å². The minimum atomic E-state index is 0.149. The molecule has 1 unspecified atom stereocenters. The third-order valence-corrected chi connectivity index (χ3v) is 3.33. The maximum Gasteiger partial charge on any atom is 0.166 e. The lowest BCUT2D eigenvalue weighted by molar-refractivity contribution is 0.0925. The molecule has 3 heteroatoms. The van der Waals surface area contributed by atoms with Crippen LogP contribution in [0.2, 0.25) is 5.02 Å². The minimum Gasteiger partial charge on any atom is -0.309 e. The zero-order valence-corrected chi connectivity index (χ0v) is 10.4. The van der Waals surface area contributed by atoms with E-state index in [9.17, 15) is 4.79 Å². The molecule has 1 aromatic carbocycles. The van der Waals surface area contributed by atoms with Crippen LogP contribution in [0.25, 0.3) is 0 Å². The molecular formula is C13H16ClNO. The quantitative estimate of drug-likeness (QED) is 0.806. The molecule has 0 aromatic heterocycles. The predicted molar refractivity (Wildman–Crippen MR) is 66.1 cm³/mol. The number of rotatable bonds is 3. The zero-order valence-electron chi connectivity index (χ0n) is 9.66. The lowest BCUT2D eigenvalue weighted by atomic mass is 10.0. The lowest BCUT2D eigenvalue weighted by Crippen LogP contribution is -2.19. The van der Waals surface area contributed by atoms with Gasteiger partial charge in [0.2, 0.25) is 0 Å². The third-order valence-electron chi connectivity index (χ3n) is 3.10. The van der Waals surface area contributed by atoms with Crippen molar-refractivity contribution in [2.24, 2.45) is 5.92 Å². The highest BCUT2D eigenvalue weighted by molar-refractivity contribution is 6.31. The normalized spacial score (nSPS) is 19.2. The first-order chi connectivity index (χ1) is 7.58. The van der Waals surface area contributed by atoms with Gasteiger partial charge < -0.3 is 4.90 Å². The topological polar surface area (TPSA) is 20.3 Å². The van der Waals surface area contributed by atoms with Crippen LogP contribution in [0.15, 0.2) is 18.2 Å². The van der Waals surface area contributed by atoms with Gasteiger partial charge in [0, 0.05) is 16.5 Å². The average Bonchev–Trinajstić information content (AvgIpc) is 2.53. The van der Waals surface area contributed by atoms with Crippen molar-refractivity contribution in [3.05, 3.63) is 34.3 Å². The Morgan fingerprint density at radius 1 is 1.44 bits per heavy atom. The highest BCUT2D eigenvalue weighted by Gasteiger charge is 2.30. The number of hydrogen-bond acceptors (Lipinski definition) is 2. The van der Waals surface area contributed by atoms with E-state index in [4.69, 9.17) is 11.6 Å². The maximum atomic E-state index is 12.1. The van der Waals surface area contributed by atoms with E-state index in [2.05, 4.69) is 4.90 Å². The first-order valence-corrected chi connectivity index (χ1v) is 5.93. The third kappa shape index (κ3) is 2.28. The number of carbonyl (C=O) groups excluding carboxylic acids is 1. The van der Waals surface area contributed by atoms with E-state index in [0.29, 0.717) is 5.02 Å². The van der Waals surface area contributed by atoms with E-state index in [-0.39, 0.29) is 11.7 Å². The van der Waals surface area contributed by atoms with Crippen LogP contribution in [0.3, 0.4) is 0 Å². The molecule has 1 aliphatic rings. The molecule has 0 aliphatic heterocycles. The molecule has 2 rings (SSSR count). The van der Waals surface area contributed by atoms with Crippen LogP contribution in [-0.4, -0.2) is 31.3 Å². The lowest BCUT2D eigenvalue weighted by Gasteiger charge is -2.12. The summed E-state index contributed by atoms with van der Waals surface area (Å²) in [5.74, 6) is 0.412. The molecule has 86 valence electrons. The molecule has 0 saturated carbocycles. The van der Waals surface area contributed by atoms with E-state index in [1.807, 2.05) is 26.2 Å². The summed E-state index contributed by atoms with van der Waals surface area (Å²) in [6.07, 6.45) is 1.80. The largest absolute Gasteiger partial charge is 0.309 e. The Labute approximate surface area is 101 Å². The molecule has 1 aliphatic carbocycles. The highest BCUT2D eigenvalue weighted by Crippen LogP contribution is 2.30. The van der Waals surface area contributed by atoms with Gasteiger partial charge in [0.25, 0.3) is 0 Å². The first kappa shape index (κ1) is 11.6. The van der Waals surface area contributed by atoms with Crippen LogP contribution in [0.4, 0.5) is 0 Å². The van der Waals surface area contributed by atoms with Gasteiger partial charge in [-0.2, -0.15) is 0 Å². The number of ketones is 1. The number of nitrogens with zero attached hydrogens (tertiary/aromatic N) is 1. The van der Waals surface area contributed by atoms with E-state index in [1.54, 1.807) is 6.07 Å². The van der Waals surface area contributed by atoms with Gasteiger partial charge in [0.15, 0.2) is 5.78 Å². The van der Waals surface area contributed by atoms with Gasteiger partial charge in [0.05, 0.1) is 0 Å². The number of Topliss-reactive ketones (excluding diaryl/α,β-unsaturated/α-hetero) is 1. The van der Waals surface area contributed by atoms with Crippen LogP contribution in [-0.2, 0) is 6.42 Å². The SMILES string of the molecule is CN(C)CCC1Cc2ccc(Cl)cc2C1=O. The number of benzene rings is 1. The molecule has 0 N–H and O–H groups in total. The van der Waals surface area contributed by atoms with Gasteiger partial charge >= 0.3 is 0 Å². The van der Waals surface area contributed by atoms with Gasteiger partial charge in [-0.25, -0.2) is 0 Å². The predicted octanol–water partition coefficient (Wildman–Crippen LogP) is 2.65. The summed E-state index contributed by atoms with van der Waals surface area (Å²) in [7, 11) is 4.06. The van der Waals surface area contributed by atoms with Gasteiger partial charge in [-0.15, -0.1) is 0 Å². The van der Waals surface area contributed by atoms with Crippen molar-refractivity contribution in [2.45, 2.75) is 12.8 Å². The van der Waals surface area contributed by atoms with Gasteiger partial charge in [0.1, 0.15) is 0 Å². The summed E-state index contributed by atoms with van der Waals surface area (Å²) >= 11 is 5.90. The molecule has 0 amide bonds. The fourth-order valence-corrected chi connectivity index (χ4v) is 2.35. The Hall–Kier alpha value is -0.860. The molecule has 0 heterocycles. The monoisotopic (exact) mass is 237 g/mol. The Morgan fingerprint density at radius 3 is 2.88 bits per heavy atom. The molecule has 0 bridgehead atoms. The molecule has 0 saturated heterocycles. The fraction of sp³-hybridized carbons (Fsp3) is 0.462. The zero-order chi connectivity index (χ0) is 11.7. The Bertz CT molecular complexity index is 414. The molecule has 2 nitrogen and oxygen atoms in total. The van der Waals surface area contributed by atoms with Crippen molar-refractivity contribution in [1.82, 2.24) is 4.90 Å². The summed E-state index contributed by atoms with van der Waals surface area (Å²) in [5.41, 5.74) is 1.98. The fourth-order valence-electron chi connectivity index (χ4n) is 2.18. The molecule has 0 fully saturated rings. The number of halogens is 1. The van der Waals surface area contributed by atoms with Crippen LogP contribution in [0, 0.1) is 5.92 Å². The van der Waals surface area contributed by atoms with Gasteiger partial charge in [-0.05, 0) is 51.2 Å². The van der Waals surface area contributed by atoms with E-state index >= 15 is 0 Å². The standard InChI is InChI=1S/C13H16ClNO/c1-15(2)6-5-10-7-9-3-4-11(14)8-12(9)13(10)16/h3-4,8,10H,5-7H2,1-2H3. The van der Waals surface area contributed by atoms with Gasteiger partial charge in [-0.3, -0.25) is 4.79 Å². The van der Waals surface area contributed by atoms with E-state index < -0.39 is 0 Å². The van der Waals surface area contributed by atoms with Crippen LogP contribution in [0.5, 0.6) is 0 Å². The highest BCUT2D eigenvalue weighted by atomic mass is 35.5. The second-order valence-corrected chi connectivity index (χ2v) is 5.10. The molecule has 16 heavy (non-hydrogen) atoms. The average molecular weight is 238 g/mol. The summed E-state index contributed by atoms with van der Waals surface area (Å²) in [6, 6.07) is 5.64. The van der Waals surface area contributed by atoms with Crippen molar-refractivity contribution in [2.75, 3.05) is 20.6 Å². The Morgan fingerprint density at radius 2 is 2.19 bits per heavy atom. The summed E-state index contributed by atoms with van der Waals surface area (Å²) in [4.78, 5) is 14.2. The van der Waals surface area contributed by atoms with E-state index in [1.165, 1.54) is 0 Å². The number of fused-ring (bicyclic) bond motifs is 1. The molecule has 1 atom stereocenters. The Kier molecular flexibility index (Phi) is 3.31. The minimum absolute atomic E-state index is 0.149. The van der Waals surface area contributed by atoms with Crippen molar-refractivity contribution in [1.29, 1.82) is 0 Å². The molecule has 0 radical (unpaired) electrons. The molecule has 1 aromatic rings. The van der Waals surface area contributed by atoms with E-state index in [0.717, 1.165) is 30.5 Å². The number of hydrogen-bond donors (Lipinski definition) is 0. The van der Waals surface area contributed by atoms with Crippen LogP contribution >= 0.6 is 11.6 Å². The van der Waals surface area contributed by atoms with Crippen molar-refractivity contribution < 1.29 is 4.79 Å². The smallest absolute Gasteiger partial charge is 0.166 e. The first-order valence-electron chi connectivity index (χ1n) is 5.55.